The van der Waals surface area contributed by atoms with E-state index < -0.39 is 0 Å². The Morgan fingerprint density at radius 2 is 2.06 bits per heavy atom. The molecule has 3 rings (SSSR count). The molecule has 17 heavy (non-hydrogen) atoms. The summed E-state index contributed by atoms with van der Waals surface area (Å²) in [5, 5.41) is 10.5. The van der Waals surface area contributed by atoms with Crippen LogP contribution in [0.5, 0.6) is 5.75 Å². The molecule has 0 aliphatic heterocycles. The van der Waals surface area contributed by atoms with Gasteiger partial charge in [0.1, 0.15) is 0 Å². The van der Waals surface area contributed by atoms with Crippen LogP contribution in [0.4, 0.5) is 0 Å². The van der Waals surface area contributed by atoms with Crippen molar-refractivity contribution in [2.24, 2.45) is 0 Å². The van der Waals surface area contributed by atoms with Gasteiger partial charge < -0.3 is 10.5 Å². The molecule has 0 atom stereocenters. The maximum absolute atomic E-state index is 11.9. The van der Waals surface area contributed by atoms with Crippen molar-refractivity contribution in [1.29, 1.82) is 0 Å². The van der Waals surface area contributed by atoms with Gasteiger partial charge in [-0.1, -0.05) is 18.2 Å². The van der Waals surface area contributed by atoms with Crippen molar-refractivity contribution in [3.63, 3.8) is 0 Å². The SMILES string of the molecule is O=c1c(O)cc2ccccc2n1NC1CCC1. The minimum absolute atomic E-state index is 0.212. The number of hydrogen-bond acceptors (Lipinski definition) is 3. The molecule has 1 heterocycles. The maximum atomic E-state index is 11.9. The van der Waals surface area contributed by atoms with Crippen LogP contribution in [0.3, 0.4) is 0 Å². The lowest BCUT2D eigenvalue weighted by Gasteiger charge is -2.28. The Hall–Kier alpha value is -1.97. The summed E-state index contributed by atoms with van der Waals surface area (Å²) in [4.78, 5) is 11.9. The summed E-state index contributed by atoms with van der Waals surface area (Å²) in [6.45, 7) is 0. The number of nitrogens with one attached hydrogen (secondary N) is 1. The molecule has 0 amide bonds. The average molecular weight is 230 g/mol. The van der Waals surface area contributed by atoms with E-state index in [1.807, 2.05) is 24.3 Å². The third-order valence-electron chi connectivity index (χ3n) is 3.31. The van der Waals surface area contributed by atoms with Crippen molar-refractivity contribution < 1.29 is 5.11 Å². The summed E-state index contributed by atoms with van der Waals surface area (Å²) < 4.78 is 1.47. The third-order valence-corrected chi connectivity index (χ3v) is 3.31. The summed E-state index contributed by atoms with van der Waals surface area (Å²) in [7, 11) is 0. The molecule has 4 nitrogen and oxygen atoms in total. The minimum atomic E-state index is -0.379. The Morgan fingerprint density at radius 1 is 1.29 bits per heavy atom. The number of aromatic nitrogens is 1. The minimum Gasteiger partial charge on any atom is -0.503 e. The highest BCUT2D eigenvalue weighted by molar-refractivity contribution is 5.80. The van der Waals surface area contributed by atoms with Crippen LogP contribution in [-0.4, -0.2) is 15.8 Å². The van der Waals surface area contributed by atoms with Gasteiger partial charge in [-0.05, 0) is 31.4 Å². The average Bonchev–Trinajstić information content (AvgIpc) is 2.27. The van der Waals surface area contributed by atoms with E-state index in [0.717, 1.165) is 23.7 Å². The molecule has 0 unspecified atom stereocenters. The molecular formula is C13H14N2O2. The topological polar surface area (TPSA) is 54.3 Å². The summed E-state index contributed by atoms with van der Waals surface area (Å²) >= 11 is 0. The second-order valence-corrected chi connectivity index (χ2v) is 4.49. The van der Waals surface area contributed by atoms with Crippen molar-refractivity contribution >= 4 is 10.9 Å². The van der Waals surface area contributed by atoms with Gasteiger partial charge in [0.25, 0.3) is 0 Å². The first-order valence-corrected chi connectivity index (χ1v) is 5.86. The van der Waals surface area contributed by atoms with Gasteiger partial charge in [-0.2, -0.15) is 0 Å². The highest BCUT2D eigenvalue weighted by Gasteiger charge is 2.19. The first kappa shape index (κ1) is 10.2. The number of fused-ring (bicyclic) bond motifs is 1. The maximum Gasteiger partial charge on any atom is 0.311 e. The third kappa shape index (κ3) is 1.65. The van der Waals surface area contributed by atoms with E-state index in [9.17, 15) is 9.90 Å². The molecule has 2 aromatic rings. The van der Waals surface area contributed by atoms with E-state index in [-0.39, 0.29) is 11.3 Å². The van der Waals surface area contributed by atoms with Crippen LogP contribution >= 0.6 is 0 Å². The molecule has 4 heteroatoms. The molecule has 1 saturated carbocycles. The lowest BCUT2D eigenvalue weighted by atomic mass is 9.94. The van der Waals surface area contributed by atoms with Crippen LogP contribution in [-0.2, 0) is 0 Å². The van der Waals surface area contributed by atoms with Crippen LogP contribution < -0.4 is 11.0 Å². The zero-order chi connectivity index (χ0) is 11.8. The molecule has 1 aromatic heterocycles. The molecule has 2 N–H and O–H groups in total. The van der Waals surface area contributed by atoms with Crippen molar-refractivity contribution in [1.82, 2.24) is 4.68 Å². The highest BCUT2D eigenvalue weighted by atomic mass is 16.3. The van der Waals surface area contributed by atoms with Gasteiger partial charge in [0.15, 0.2) is 5.75 Å². The second kappa shape index (κ2) is 3.80. The van der Waals surface area contributed by atoms with E-state index in [4.69, 9.17) is 0 Å². The Bertz CT molecular complexity index is 614. The summed E-state index contributed by atoms with van der Waals surface area (Å²) in [6, 6.07) is 9.39. The summed E-state index contributed by atoms with van der Waals surface area (Å²) in [6.07, 6.45) is 3.36. The van der Waals surface area contributed by atoms with Gasteiger partial charge in [0, 0.05) is 11.4 Å². The van der Waals surface area contributed by atoms with E-state index in [2.05, 4.69) is 5.43 Å². The summed E-state index contributed by atoms with van der Waals surface area (Å²) in [5.74, 6) is -0.212. The fourth-order valence-electron chi connectivity index (χ4n) is 2.09. The smallest absolute Gasteiger partial charge is 0.311 e. The Kier molecular flexibility index (Phi) is 2.28. The molecule has 0 radical (unpaired) electrons. The van der Waals surface area contributed by atoms with Gasteiger partial charge in [0.2, 0.25) is 0 Å². The molecule has 1 aliphatic rings. The molecule has 0 saturated heterocycles. The Morgan fingerprint density at radius 3 is 2.76 bits per heavy atom. The van der Waals surface area contributed by atoms with Crippen LogP contribution in [0, 0.1) is 0 Å². The number of pyridine rings is 1. The van der Waals surface area contributed by atoms with E-state index in [1.54, 1.807) is 0 Å². The Balaban J connectivity index is 2.18. The van der Waals surface area contributed by atoms with Gasteiger partial charge in [-0.25, -0.2) is 4.68 Å². The van der Waals surface area contributed by atoms with E-state index >= 15 is 0 Å². The lowest BCUT2D eigenvalue weighted by molar-refractivity contribution is 0.409. The van der Waals surface area contributed by atoms with Crippen LogP contribution in [0.1, 0.15) is 19.3 Å². The predicted molar refractivity (Wildman–Crippen MR) is 66.9 cm³/mol. The van der Waals surface area contributed by atoms with E-state index in [0.29, 0.717) is 6.04 Å². The van der Waals surface area contributed by atoms with Crippen molar-refractivity contribution in [3.05, 3.63) is 40.7 Å². The number of benzene rings is 1. The number of para-hydroxylation sites is 1. The predicted octanol–water partition coefficient (Wildman–Crippen LogP) is 1.80. The van der Waals surface area contributed by atoms with E-state index in [1.165, 1.54) is 17.2 Å². The molecule has 0 spiro atoms. The Labute approximate surface area is 98.5 Å². The van der Waals surface area contributed by atoms with Gasteiger partial charge in [-0.15, -0.1) is 0 Å². The normalized spacial score (nSPS) is 15.8. The first-order valence-electron chi connectivity index (χ1n) is 5.86. The highest BCUT2D eigenvalue weighted by Crippen LogP contribution is 2.21. The lowest BCUT2D eigenvalue weighted by Crippen LogP contribution is -2.39. The second-order valence-electron chi connectivity index (χ2n) is 4.49. The van der Waals surface area contributed by atoms with Gasteiger partial charge in [-0.3, -0.25) is 4.79 Å². The van der Waals surface area contributed by atoms with Crippen molar-refractivity contribution in [2.75, 3.05) is 5.43 Å². The van der Waals surface area contributed by atoms with Crippen LogP contribution in [0.15, 0.2) is 35.1 Å². The monoisotopic (exact) mass is 230 g/mol. The fraction of sp³-hybridized carbons (Fsp3) is 0.308. The van der Waals surface area contributed by atoms with Crippen molar-refractivity contribution in [3.8, 4) is 5.75 Å². The standard InChI is InChI=1S/C13H14N2O2/c16-12-8-9-4-1-2-7-11(9)15(13(12)17)14-10-5-3-6-10/h1-2,4,7-8,10,14,16H,3,5-6H2. The van der Waals surface area contributed by atoms with Crippen molar-refractivity contribution in [2.45, 2.75) is 25.3 Å². The molecule has 0 bridgehead atoms. The zero-order valence-electron chi connectivity index (χ0n) is 9.39. The molecular weight excluding hydrogens is 216 g/mol. The first-order chi connectivity index (χ1) is 8.25. The zero-order valence-corrected chi connectivity index (χ0v) is 9.39. The molecule has 1 aliphatic carbocycles. The number of hydrogen-bond donors (Lipinski definition) is 2. The number of rotatable bonds is 2. The van der Waals surface area contributed by atoms with Gasteiger partial charge in [0.05, 0.1) is 5.52 Å². The number of aromatic hydroxyl groups is 1. The van der Waals surface area contributed by atoms with Gasteiger partial charge >= 0.3 is 5.56 Å². The molecule has 1 fully saturated rings. The fourth-order valence-corrected chi connectivity index (χ4v) is 2.09. The van der Waals surface area contributed by atoms with Crippen LogP contribution in [0.25, 0.3) is 10.9 Å². The summed E-state index contributed by atoms with van der Waals surface area (Å²) in [5.41, 5.74) is 3.60. The molecule has 1 aromatic carbocycles. The largest absolute Gasteiger partial charge is 0.503 e. The van der Waals surface area contributed by atoms with Crippen LogP contribution in [0.2, 0.25) is 0 Å². The molecule has 88 valence electrons. The number of nitrogens with zero attached hydrogens (tertiary/aromatic N) is 1. The quantitative estimate of drug-likeness (QED) is 0.827.